The molecule has 0 aliphatic rings. The number of ether oxygens (including phenoxy) is 1. The Hall–Kier alpha value is -3.64. The maximum Gasteiger partial charge on any atom is 0.226 e. The Morgan fingerprint density at radius 1 is 0.872 bits per heavy atom. The summed E-state index contributed by atoms with van der Waals surface area (Å²) in [4.78, 5) is 69.5. The predicted molar refractivity (Wildman–Crippen MR) is 182 cm³/mol. The van der Waals surface area contributed by atoms with Gasteiger partial charge in [0, 0.05) is 38.3 Å². The van der Waals surface area contributed by atoms with Gasteiger partial charge in [0.05, 0.1) is 24.6 Å². The van der Waals surface area contributed by atoms with Crippen LogP contribution in [-0.4, -0.2) is 78.7 Å². The van der Waals surface area contributed by atoms with Crippen molar-refractivity contribution in [2.24, 2.45) is 40.1 Å². The summed E-state index contributed by atoms with van der Waals surface area (Å²) in [5.41, 5.74) is 11.7. The van der Waals surface area contributed by atoms with E-state index in [4.69, 9.17) is 16.2 Å². The molecule has 1 aromatic carbocycles. The van der Waals surface area contributed by atoms with E-state index in [9.17, 15) is 29.1 Å². The number of aliphatic hydroxyl groups is 1. The average molecular weight is 660 g/mol. The molecule has 2 amide bonds. The minimum atomic E-state index is -1.12. The smallest absolute Gasteiger partial charge is 0.226 e. The highest BCUT2D eigenvalue weighted by molar-refractivity contribution is 5.95. The summed E-state index contributed by atoms with van der Waals surface area (Å²) in [6.07, 6.45) is 2.63. The van der Waals surface area contributed by atoms with Crippen molar-refractivity contribution >= 4 is 35.1 Å². The van der Waals surface area contributed by atoms with E-state index in [1.165, 1.54) is 0 Å². The van der Waals surface area contributed by atoms with Crippen LogP contribution in [0, 0.1) is 23.7 Å². The third kappa shape index (κ3) is 17.2. The highest BCUT2D eigenvalue weighted by atomic mass is 16.5. The van der Waals surface area contributed by atoms with Gasteiger partial charge in [-0.25, -0.2) is 0 Å². The minimum Gasteiger partial charge on any atom is -0.396 e. The van der Waals surface area contributed by atoms with Crippen molar-refractivity contribution in [3.05, 3.63) is 35.9 Å². The van der Waals surface area contributed by atoms with Crippen molar-refractivity contribution < 1.29 is 33.8 Å². The molecule has 4 atom stereocenters. The molecule has 47 heavy (non-hydrogen) atoms. The number of carbonyl (C=O) groups is 5. The fourth-order valence-corrected chi connectivity index (χ4v) is 5.12. The number of nitrogens with one attached hydrogen (secondary N) is 2. The van der Waals surface area contributed by atoms with Gasteiger partial charge in [-0.1, -0.05) is 65.0 Å². The molecule has 0 unspecified atom stereocenters. The van der Waals surface area contributed by atoms with E-state index in [1.807, 2.05) is 30.3 Å². The van der Waals surface area contributed by atoms with Crippen LogP contribution < -0.4 is 22.1 Å². The molecule has 0 spiro atoms. The normalized spacial score (nSPS) is 13.8. The number of hydrogen-bond acceptors (Lipinski definition) is 8. The quantitative estimate of drug-likeness (QED) is 0.0594. The Bertz CT molecular complexity index is 1150. The molecule has 264 valence electrons. The van der Waals surface area contributed by atoms with Crippen LogP contribution in [0.1, 0.15) is 85.1 Å². The standard InChI is InChI=1S/C35H57N5O7/c1-6-30(43)29(18-25-13-8-7-9-14-25)39-34(46)27(21-41)20-31(44)32(24(4)5)40-33(45)26(15-10-16-38-35(36)37)19-28(42)22-47-17-11-12-23(2)3/h7-9,13-14,23-24,26-27,29,32,41H,6,10-12,15-22H2,1-5H3,(H,39,46)(H,40,45)(H4,36,37,38)/t26-,27+,29+,32+/m1/s1. The van der Waals surface area contributed by atoms with E-state index in [2.05, 4.69) is 29.5 Å². The Labute approximate surface area is 279 Å². The van der Waals surface area contributed by atoms with E-state index in [1.54, 1.807) is 20.8 Å². The van der Waals surface area contributed by atoms with Crippen LogP contribution in [0.2, 0.25) is 0 Å². The van der Waals surface area contributed by atoms with Crippen LogP contribution in [0.4, 0.5) is 0 Å². The Morgan fingerprint density at radius 3 is 2.11 bits per heavy atom. The van der Waals surface area contributed by atoms with Crippen LogP contribution in [0.15, 0.2) is 35.3 Å². The second-order valence-corrected chi connectivity index (χ2v) is 12.8. The van der Waals surface area contributed by atoms with Crippen molar-refractivity contribution in [3.63, 3.8) is 0 Å². The molecule has 0 aliphatic heterocycles. The van der Waals surface area contributed by atoms with E-state index >= 15 is 0 Å². The van der Waals surface area contributed by atoms with Gasteiger partial charge in [0.15, 0.2) is 23.3 Å². The van der Waals surface area contributed by atoms with Crippen molar-refractivity contribution in [2.75, 3.05) is 26.4 Å². The van der Waals surface area contributed by atoms with Crippen molar-refractivity contribution in [1.29, 1.82) is 0 Å². The number of nitrogens with zero attached hydrogens (tertiary/aromatic N) is 1. The molecule has 0 bridgehead atoms. The monoisotopic (exact) mass is 659 g/mol. The summed E-state index contributed by atoms with van der Waals surface area (Å²) in [6, 6.07) is 7.47. The molecule has 0 aromatic heterocycles. The first-order chi connectivity index (χ1) is 22.3. The molecule has 7 N–H and O–H groups in total. The maximum atomic E-state index is 13.5. The number of guanidine groups is 1. The molecule has 0 saturated heterocycles. The number of benzene rings is 1. The number of Topliss-reactive ketones (excluding diaryl/α,β-unsaturated/α-hetero) is 3. The van der Waals surface area contributed by atoms with Crippen LogP contribution in [0.5, 0.6) is 0 Å². The van der Waals surface area contributed by atoms with Gasteiger partial charge in [-0.15, -0.1) is 0 Å². The second kappa shape index (κ2) is 22.8. The molecule has 12 nitrogen and oxygen atoms in total. The van der Waals surface area contributed by atoms with Gasteiger partial charge in [0.25, 0.3) is 0 Å². The Morgan fingerprint density at radius 2 is 1.53 bits per heavy atom. The van der Waals surface area contributed by atoms with E-state index in [0.29, 0.717) is 25.4 Å². The van der Waals surface area contributed by atoms with Crippen molar-refractivity contribution in [1.82, 2.24) is 10.6 Å². The molecular weight excluding hydrogens is 602 g/mol. The number of rotatable bonds is 25. The fraction of sp³-hybridized carbons (Fsp3) is 0.657. The molecular formula is C35H57N5O7. The number of nitrogens with two attached hydrogens (primary N) is 2. The maximum absolute atomic E-state index is 13.5. The van der Waals surface area contributed by atoms with Gasteiger partial charge >= 0.3 is 0 Å². The first-order valence-electron chi connectivity index (χ1n) is 16.7. The summed E-state index contributed by atoms with van der Waals surface area (Å²) in [5, 5.41) is 15.6. The van der Waals surface area contributed by atoms with Gasteiger partial charge in [-0.2, -0.15) is 0 Å². The summed E-state index contributed by atoms with van der Waals surface area (Å²) < 4.78 is 5.53. The number of aliphatic imine (C=N–C) groups is 1. The Balaban J connectivity index is 2.95. The largest absolute Gasteiger partial charge is 0.396 e. The van der Waals surface area contributed by atoms with Crippen LogP contribution in [0.25, 0.3) is 0 Å². The first-order valence-corrected chi connectivity index (χ1v) is 16.7. The Kier molecular flexibility index (Phi) is 20.1. The summed E-state index contributed by atoms with van der Waals surface area (Å²) in [7, 11) is 0. The van der Waals surface area contributed by atoms with Gasteiger partial charge in [0.1, 0.15) is 6.61 Å². The lowest BCUT2D eigenvalue weighted by atomic mass is 9.90. The topological polar surface area (TPSA) is 203 Å². The third-order valence-electron chi connectivity index (χ3n) is 7.87. The molecule has 1 rings (SSSR count). The number of carbonyl (C=O) groups excluding carboxylic acids is 5. The van der Waals surface area contributed by atoms with Gasteiger partial charge in [0.2, 0.25) is 11.8 Å². The van der Waals surface area contributed by atoms with Crippen molar-refractivity contribution in [3.8, 4) is 0 Å². The zero-order chi connectivity index (χ0) is 35.4. The molecule has 0 radical (unpaired) electrons. The van der Waals surface area contributed by atoms with E-state index < -0.39 is 48.1 Å². The highest BCUT2D eigenvalue weighted by Gasteiger charge is 2.33. The minimum absolute atomic E-state index is 0.0738. The average Bonchev–Trinajstić information content (AvgIpc) is 3.02. The number of amides is 2. The molecule has 0 fully saturated rings. The van der Waals surface area contributed by atoms with Gasteiger partial charge in [-0.3, -0.25) is 29.0 Å². The fourth-order valence-electron chi connectivity index (χ4n) is 5.12. The number of aliphatic hydroxyl groups excluding tert-OH is 1. The van der Waals surface area contributed by atoms with Crippen LogP contribution >= 0.6 is 0 Å². The molecule has 0 heterocycles. The van der Waals surface area contributed by atoms with E-state index in [-0.39, 0.29) is 62.3 Å². The summed E-state index contributed by atoms with van der Waals surface area (Å²) in [5.74, 6) is -3.68. The molecule has 0 saturated carbocycles. The van der Waals surface area contributed by atoms with E-state index in [0.717, 1.165) is 18.4 Å². The molecule has 1 aromatic rings. The second-order valence-electron chi connectivity index (χ2n) is 12.8. The third-order valence-corrected chi connectivity index (χ3v) is 7.87. The number of ketones is 3. The molecule has 0 aliphatic carbocycles. The zero-order valence-corrected chi connectivity index (χ0v) is 28.8. The van der Waals surface area contributed by atoms with Gasteiger partial charge < -0.3 is 31.9 Å². The summed E-state index contributed by atoms with van der Waals surface area (Å²) >= 11 is 0. The highest BCUT2D eigenvalue weighted by Crippen LogP contribution is 2.17. The number of hydrogen-bond donors (Lipinski definition) is 5. The van der Waals surface area contributed by atoms with Crippen LogP contribution in [-0.2, 0) is 35.1 Å². The predicted octanol–water partition coefficient (Wildman–Crippen LogP) is 2.48. The first kappa shape index (κ1) is 41.4. The lowest BCUT2D eigenvalue weighted by Crippen LogP contribution is -2.49. The SMILES string of the molecule is CCC(=O)[C@H](Cc1ccccc1)NC(=O)[C@H](CO)CC(=O)[C@@H](NC(=O)[C@H](CCCN=C(N)N)CC(=O)COCCCC(C)C)C(C)C. The zero-order valence-electron chi connectivity index (χ0n) is 28.8. The van der Waals surface area contributed by atoms with Crippen molar-refractivity contribution in [2.45, 2.75) is 98.1 Å². The molecule has 12 heteroatoms. The van der Waals surface area contributed by atoms with Gasteiger partial charge in [-0.05, 0) is 49.5 Å². The van der Waals surface area contributed by atoms with Crippen LogP contribution in [0.3, 0.4) is 0 Å². The lowest BCUT2D eigenvalue weighted by molar-refractivity contribution is -0.136. The summed E-state index contributed by atoms with van der Waals surface area (Å²) in [6.45, 7) is 9.46. The lowest BCUT2D eigenvalue weighted by Gasteiger charge is -2.26.